The minimum atomic E-state index is -3.62. The van der Waals surface area contributed by atoms with Crippen LogP contribution in [0.4, 0.5) is 5.13 Å². The molecule has 0 saturated heterocycles. The van der Waals surface area contributed by atoms with Gasteiger partial charge in [-0.25, -0.2) is 8.42 Å². The molecule has 2 amide bonds. The normalized spacial score (nSPS) is 11.5. The Hall–Kier alpha value is -3.66. The minimum absolute atomic E-state index is 0.0526. The second-order valence-electron chi connectivity index (χ2n) is 8.33. The highest BCUT2D eigenvalue weighted by molar-refractivity contribution is 7.99. The Morgan fingerprint density at radius 2 is 1.68 bits per heavy atom. The van der Waals surface area contributed by atoms with E-state index in [2.05, 4.69) is 31.0 Å². The number of benzene rings is 2. The van der Waals surface area contributed by atoms with Crippen molar-refractivity contribution in [2.24, 2.45) is 0 Å². The number of sulfonamides is 1. The van der Waals surface area contributed by atoms with E-state index in [0.29, 0.717) is 34.8 Å². The summed E-state index contributed by atoms with van der Waals surface area (Å²) in [5.74, 6) is -0.123. The van der Waals surface area contributed by atoms with Crippen molar-refractivity contribution >= 4 is 50.1 Å². The second kappa shape index (κ2) is 13.1. The molecule has 2 heterocycles. The van der Waals surface area contributed by atoms with Crippen LogP contribution in [0.15, 0.2) is 64.6 Å². The zero-order chi connectivity index (χ0) is 28.7. The van der Waals surface area contributed by atoms with Crippen LogP contribution in [0.1, 0.15) is 35.0 Å². The third-order valence-corrected chi connectivity index (χ3v) is 9.43. The van der Waals surface area contributed by atoms with Crippen LogP contribution in [-0.2, 0) is 21.4 Å². The molecule has 0 aliphatic heterocycles. The van der Waals surface area contributed by atoms with Crippen LogP contribution in [0.5, 0.6) is 0 Å². The molecule has 0 fully saturated rings. The standard InChI is InChI=1S/C25H28N8O4S3/c1-4-32(5-2)40(36,37)20-13-11-18(12-14-20)23(35)26-15-21-29-31-25(33(21)19-9-7-6-8-10-19)38-16-22(34)27-24-30-28-17(3)39-24/h6-14H,4-5,15-16H2,1-3H3,(H,26,35)(H,27,30,34). The molecular formula is C25H28N8O4S3. The van der Waals surface area contributed by atoms with Crippen LogP contribution in [0.2, 0.25) is 0 Å². The minimum Gasteiger partial charge on any atom is -0.345 e. The van der Waals surface area contributed by atoms with Crippen molar-refractivity contribution in [1.82, 2.24) is 34.6 Å². The maximum Gasteiger partial charge on any atom is 0.251 e. The molecule has 0 spiro atoms. The molecule has 0 bridgehead atoms. The van der Waals surface area contributed by atoms with E-state index in [9.17, 15) is 18.0 Å². The SMILES string of the molecule is CCN(CC)S(=O)(=O)c1ccc(C(=O)NCc2nnc(SCC(=O)Nc3nnc(C)s3)n2-c2ccccc2)cc1. The molecule has 4 aromatic rings. The largest absolute Gasteiger partial charge is 0.345 e. The molecule has 12 nitrogen and oxygen atoms in total. The number of anilines is 1. The number of carbonyl (C=O) groups is 2. The van der Waals surface area contributed by atoms with E-state index < -0.39 is 15.9 Å². The lowest BCUT2D eigenvalue weighted by Crippen LogP contribution is -2.30. The molecule has 0 saturated carbocycles. The number of carbonyl (C=O) groups excluding carboxylic acids is 2. The van der Waals surface area contributed by atoms with Gasteiger partial charge in [0.2, 0.25) is 21.1 Å². The number of hydrogen-bond donors (Lipinski definition) is 2. The summed E-state index contributed by atoms with van der Waals surface area (Å²) >= 11 is 2.48. The van der Waals surface area contributed by atoms with Gasteiger partial charge < -0.3 is 5.32 Å². The lowest BCUT2D eigenvalue weighted by Gasteiger charge is -2.18. The quantitative estimate of drug-likeness (QED) is 0.234. The van der Waals surface area contributed by atoms with Crippen LogP contribution in [0.25, 0.3) is 5.69 Å². The number of aryl methyl sites for hydroxylation is 1. The Balaban J connectivity index is 1.46. The van der Waals surface area contributed by atoms with Gasteiger partial charge in [0.1, 0.15) is 5.01 Å². The highest BCUT2D eigenvalue weighted by atomic mass is 32.2. The van der Waals surface area contributed by atoms with Crippen molar-refractivity contribution in [3.8, 4) is 5.69 Å². The van der Waals surface area contributed by atoms with Crippen molar-refractivity contribution in [3.63, 3.8) is 0 Å². The maximum absolute atomic E-state index is 12.9. The summed E-state index contributed by atoms with van der Waals surface area (Å²) in [6.07, 6.45) is 0. The third-order valence-electron chi connectivity index (χ3n) is 5.69. The van der Waals surface area contributed by atoms with E-state index in [-0.39, 0.29) is 23.1 Å². The van der Waals surface area contributed by atoms with Gasteiger partial charge in [0, 0.05) is 24.3 Å². The first-order valence-corrected chi connectivity index (χ1v) is 15.6. The van der Waals surface area contributed by atoms with Crippen molar-refractivity contribution in [3.05, 3.63) is 71.0 Å². The number of hydrogen-bond acceptors (Lipinski definition) is 10. The summed E-state index contributed by atoms with van der Waals surface area (Å²) in [4.78, 5) is 25.4. The van der Waals surface area contributed by atoms with Crippen LogP contribution < -0.4 is 10.6 Å². The van der Waals surface area contributed by atoms with Gasteiger partial charge in [-0.1, -0.05) is 55.1 Å². The van der Waals surface area contributed by atoms with Crippen molar-refractivity contribution in [2.45, 2.75) is 37.4 Å². The first kappa shape index (κ1) is 29.3. The first-order chi connectivity index (χ1) is 19.2. The Bertz CT molecular complexity index is 1570. The molecular weight excluding hydrogens is 573 g/mol. The first-order valence-electron chi connectivity index (χ1n) is 12.3. The molecule has 4 rings (SSSR count). The molecule has 2 aromatic heterocycles. The number of aromatic nitrogens is 5. The Morgan fingerprint density at radius 1 is 0.975 bits per heavy atom. The molecule has 0 aliphatic carbocycles. The third kappa shape index (κ3) is 6.91. The van der Waals surface area contributed by atoms with Crippen LogP contribution in [-0.4, -0.2) is 68.3 Å². The van der Waals surface area contributed by atoms with E-state index >= 15 is 0 Å². The summed E-state index contributed by atoms with van der Waals surface area (Å²) in [5, 5.41) is 23.5. The number of para-hydroxylation sites is 1. The van der Waals surface area contributed by atoms with Crippen LogP contribution in [0.3, 0.4) is 0 Å². The Morgan fingerprint density at radius 3 is 2.30 bits per heavy atom. The number of nitrogens with one attached hydrogen (secondary N) is 2. The number of thioether (sulfide) groups is 1. The fourth-order valence-corrected chi connectivity index (χ4v) is 6.57. The van der Waals surface area contributed by atoms with E-state index in [1.807, 2.05) is 30.3 Å². The topological polar surface area (TPSA) is 152 Å². The van der Waals surface area contributed by atoms with Gasteiger partial charge in [0.05, 0.1) is 17.2 Å². The summed E-state index contributed by atoms with van der Waals surface area (Å²) in [5.41, 5.74) is 1.08. The van der Waals surface area contributed by atoms with E-state index in [0.717, 1.165) is 10.7 Å². The van der Waals surface area contributed by atoms with Crippen molar-refractivity contribution in [2.75, 3.05) is 24.2 Å². The van der Waals surface area contributed by atoms with Crippen molar-refractivity contribution in [1.29, 1.82) is 0 Å². The zero-order valence-electron chi connectivity index (χ0n) is 22.1. The van der Waals surface area contributed by atoms with Crippen LogP contribution >= 0.6 is 23.1 Å². The molecule has 210 valence electrons. The summed E-state index contributed by atoms with van der Waals surface area (Å²) in [7, 11) is -3.62. The van der Waals surface area contributed by atoms with Gasteiger partial charge in [-0.15, -0.1) is 20.4 Å². The lowest BCUT2D eigenvalue weighted by molar-refractivity contribution is -0.113. The Labute approximate surface area is 240 Å². The summed E-state index contributed by atoms with van der Waals surface area (Å²) in [6, 6.07) is 15.2. The lowest BCUT2D eigenvalue weighted by atomic mass is 10.2. The van der Waals surface area contributed by atoms with E-state index in [4.69, 9.17) is 0 Å². The fourth-order valence-electron chi connectivity index (χ4n) is 3.73. The smallest absolute Gasteiger partial charge is 0.251 e. The van der Waals surface area contributed by atoms with Crippen LogP contribution in [0, 0.1) is 6.92 Å². The molecule has 0 unspecified atom stereocenters. The highest BCUT2D eigenvalue weighted by Crippen LogP contribution is 2.23. The van der Waals surface area contributed by atoms with Gasteiger partial charge in [0.15, 0.2) is 11.0 Å². The van der Waals surface area contributed by atoms with E-state index in [1.165, 1.54) is 51.7 Å². The fraction of sp³-hybridized carbons (Fsp3) is 0.280. The molecule has 0 aliphatic rings. The number of nitrogens with zero attached hydrogens (tertiary/aromatic N) is 6. The predicted molar refractivity (Wildman–Crippen MR) is 153 cm³/mol. The monoisotopic (exact) mass is 600 g/mol. The number of amides is 2. The summed E-state index contributed by atoms with van der Waals surface area (Å²) in [6.45, 7) is 6.12. The molecule has 2 N–H and O–H groups in total. The van der Waals surface area contributed by atoms with Gasteiger partial charge in [-0.3, -0.25) is 19.5 Å². The highest BCUT2D eigenvalue weighted by Gasteiger charge is 2.22. The van der Waals surface area contributed by atoms with Gasteiger partial charge in [-0.05, 0) is 43.3 Å². The number of rotatable bonds is 12. The average molecular weight is 601 g/mol. The second-order valence-corrected chi connectivity index (χ2v) is 12.4. The molecule has 40 heavy (non-hydrogen) atoms. The summed E-state index contributed by atoms with van der Waals surface area (Å²) < 4.78 is 28.6. The van der Waals surface area contributed by atoms with Gasteiger partial charge >= 0.3 is 0 Å². The molecule has 15 heteroatoms. The van der Waals surface area contributed by atoms with Gasteiger partial charge in [0.25, 0.3) is 5.91 Å². The average Bonchev–Trinajstić information content (AvgIpc) is 3.56. The van der Waals surface area contributed by atoms with E-state index in [1.54, 1.807) is 25.3 Å². The maximum atomic E-state index is 12.9. The van der Waals surface area contributed by atoms with Gasteiger partial charge in [-0.2, -0.15) is 4.31 Å². The zero-order valence-corrected chi connectivity index (χ0v) is 24.5. The predicted octanol–water partition coefficient (Wildman–Crippen LogP) is 3.12. The molecule has 0 radical (unpaired) electrons. The molecule has 2 aromatic carbocycles. The molecule has 0 atom stereocenters. The van der Waals surface area contributed by atoms with Crippen molar-refractivity contribution < 1.29 is 18.0 Å². The Kier molecular flexibility index (Phi) is 9.63.